The van der Waals surface area contributed by atoms with Gasteiger partial charge in [-0.3, -0.25) is 9.89 Å². The number of rotatable bonds is 3. The molecule has 2 saturated heterocycles. The minimum atomic E-state index is 0.0482. The second-order valence-electron chi connectivity index (χ2n) is 7.66. The maximum absolute atomic E-state index is 13.0. The summed E-state index contributed by atoms with van der Waals surface area (Å²) in [5.41, 5.74) is 1.64. The van der Waals surface area contributed by atoms with Gasteiger partial charge in [-0.25, -0.2) is 9.97 Å². The molecule has 0 radical (unpaired) electrons. The van der Waals surface area contributed by atoms with Crippen LogP contribution in [0.3, 0.4) is 0 Å². The number of aryl methyl sites for hydroxylation is 1. The Kier molecular flexibility index (Phi) is 4.92. The maximum Gasteiger partial charge on any atom is 0.257 e. The van der Waals surface area contributed by atoms with Crippen LogP contribution in [0.4, 0.5) is 5.82 Å². The van der Waals surface area contributed by atoms with E-state index in [2.05, 4.69) is 38.1 Å². The molecule has 8 nitrogen and oxygen atoms in total. The van der Waals surface area contributed by atoms with Crippen LogP contribution in [-0.4, -0.2) is 70.4 Å². The van der Waals surface area contributed by atoms with Crippen LogP contribution >= 0.6 is 11.3 Å². The summed E-state index contributed by atoms with van der Waals surface area (Å²) in [5.74, 6) is 1.26. The second kappa shape index (κ2) is 7.72. The summed E-state index contributed by atoms with van der Waals surface area (Å²) in [6, 6.07) is 2.17. The number of hydrogen-bond acceptors (Lipinski definition) is 7. The quantitative estimate of drug-likeness (QED) is 0.712. The van der Waals surface area contributed by atoms with Gasteiger partial charge in [-0.2, -0.15) is 5.10 Å². The molecule has 9 heteroatoms. The number of amides is 1. The summed E-state index contributed by atoms with van der Waals surface area (Å²) >= 11 is 1.70. The maximum atomic E-state index is 13.0. The van der Waals surface area contributed by atoms with E-state index in [1.807, 2.05) is 4.90 Å². The van der Waals surface area contributed by atoms with Crippen LogP contribution in [0.2, 0.25) is 0 Å². The molecule has 2 fully saturated rings. The topological polar surface area (TPSA) is 87.2 Å². The molecular formula is C20H24N6O2S. The van der Waals surface area contributed by atoms with Crippen LogP contribution < -0.4 is 4.90 Å². The molecule has 3 aromatic heterocycles. The number of carbonyl (C=O) groups is 1. The normalized spacial score (nSPS) is 20.4. The highest BCUT2D eigenvalue weighted by Crippen LogP contribution is 2.35. The van der Waals surface area contributed by atoms with Crippen molar-refractivity contribution in [1.82, 2.24) is 25.1 Å². The third kappa shape index (κ3) is 3.49. The van der Waals surface area contributed by atoms with Crippen molar-refractivity contribution in [2.45, 2.75) is 25.7 Å². The minimum Gasteiger partial charge on any atom is -0.378 e. The number of carbonyl (C=O) groups excluding carboxylic acids is 1. The monoisotopic (exact) mass is 412 g/mol. The lowest BCUT2D eigenvalue weighted by Crippen LogP contribution is -2.41. The summed E-state index contributed by atoms with van der Waals surface area (Å²) in [4.78, 5) is 28.5. The summed E-state index contributed by atoms with van der Waals surface area (Å²) in [6.07, 6.45) is 5.40. The SMILES string of the molecule is Cc1cc2c(N3CCCC(c4[nH]ncc4C(=O)N4CCOCC4)C3)ncnc2s1. The van der Waals surface area contributed by atoms with Crippen molar-refractivity contribution in [2.75, 3.05) is 44.3 Å². The van der Waals surface area contributed by atoms with Crippen molar-refractivity contribution in [3.63, 3.8) is 0 Å². The van der Waals surface area contributed by atoms with Crippen LogP contribution in [0.15, 0.2) is 18.6 Å². The Labute approximate surface area is 172 Å². The average Bonchev–Trinajstić information content (AvgIpc) is 3.39. The van der Waals surface area contributed by atoms with Gasteiger partial charge in [-0.05, 0) is 25.8 Å². The predicted octanol–water partition coefficient (Wildman–Crippen LogP) is 2.58. The number of fused-ring (bicyclic) bond motifs is 1. The first-order valence-corrected chi connectivity index (χ1v) is 10.9. The van der Waals surface area contributed by atoms with Gasteiger partial charge in [0.25, 0.3) is 5.91 Å². The lowest BCUT2D eigenvalue weighted by Gasteiger charge is -2.34. The lowest BCUT2D eigenvalue weighted by atomic mass is 9.92. The van der Waals surface area contributed by atoms with Crippen LogP contribution in [-0.2, 0) is 4.74 Å². The molecule has 0 spiro atoms. The molecule has 1 atom stereocenters. The number of piperidine rings is 1. The molecule has 3 aromatic rings. The number of aromatic nitrogens is 4. The summed E-state index contributed by atoms with van der Waals surface area (Å²) < 4.78 is 5.38. The first-order valence-electron chi connectivity index (χ1n) is 10.1. The molecule has 29 heavy (non-hydrogen) atoms. The van der Waals surface area contributed by atoms with Gasteiger partial charge < -0.3 is 14.5 Å². The van der Waals surface area contributed by atoms with Gasteiger partial charge in [0.15, 0.2) is 0 Å². The Hall–Kier alpha value is -2.52. The molecule has 5 heterocycles. The van der Waals surface area contributed by atoms with E-state index < -0.39 is 0 Å². The molecule has 0 bridgehead atoms. The average molecular weight is 413 g/mol. The highest BCUT2D eigenvalue weighted by atomic mass is 32.1. The van der Waals surface area contributed by atoms with E-state index in [4.69, 9.17) is 4.74 Å². The number of nitrogens with one attached hydrogen (secondary N) is 1. The van der Waals surface area contributed by atoms with Crippen molar-refractivity contribution in [3.8, 4) is 0 Å². The van der Waals surface area contributed by atoms with Gasteiger partial charge >= 0.3 is 0 Å². The van der Waals surface area contributed by atoms with E-state index in [0.717, 1.165) is 47.7 Å². The van der Waals surface area contributed by atoms with E-state index in [0.29, 0.717) is 31.9 Å². The van der Waals surface area contributed by atoms with Gasteiger partial charge in [-0.1, -0.05) is 0 Å². The fourth-order valence-corrected chi connectivity index (χ4v) is 5.18. The Bertz CT molecular complexity index is 1030. The van der Waals surface area contributed by atoms with Crippen molar-refractivity contribution >= 4 is 33.3 Å². The highest BCUT2D eigenvalue weighted by molar-refractivity contribution is 7.18. The number of ether oxygens (including phenoxy) is 1. The zero-order valence-electron chi connectivity index (χ0n) is 16.4. The van der Waals surface area contributed by atoms with Crippen molar-refractivity contribution in [1.29, 1.82) is 0 Å². The van der Waals surface area contributed by atoms with Gasteiger partial charge in [0.1, 0.15) is 17.0 Å². The molecule has 5 rings (SSSR count). The van der Waals surface area contributed by atoms with Crippen molar-refractivity contribution in [2.24, 2.45) is 0 Å². The molecule has 1 unspecified atom stereocenters. The van der Waals surface area contributed by atoms with Gasteiger partial charge in [0.2, 0.25) is 0 Å². The zero-order valence-corrected chi connectivity index (χ0v) is 17.2. The van der Waals surface area contributed by atoms with Crippen LogP contribution in [0.1, 0.15) is 39.7 Å². The number of hydrogen-bond donors (Lipinski definition) is 1. The largest absolute Gasteiger partial charge is 0.378 e. The Balaban J connectivity index is 1.40. The summed E-state index contributed by atoms with van der Waals surface area (Å²) in [7, 11) is 0. The molecule has 1 amide bonds. The van der Waals surface area contributed by atoms with Crippen LogP contribution in [0, 0.1) is 6.92 Å². The van der Waals surface area contributed by atoms with Crippen molar-refractivity contribution in [3.05, 3.63) is 34.7 Å². The van der Waals surface area contributed by atoms with E-state index in [9.17, 15) is 4.79 Å². The predicted molar refractivity (Wildman–Crippen MR) is 112 cm³/mol. The van der Waals surface area contributed by atoms with E-state index in [1.165, 1.54) is 4.88 Å². The zero-order chi connectivity index (χ0) is 19.8. The standard InChI is InChI=1S/C20H24N6O2S/c1-13-9-15-18(21-12-22-19(15)29-13)26-4-2-3-14(11-26)17-16(10-23-24-17)20(27)25-5-7-28-8-6-25/h9-10,12,14H,2-8,11H2,1H3,(H,23,24). The highest BCUT2D eigenvalue weighted by Gasteiger charge is 2.30. The summed E-state index contributed by atoms with van der Waals surface area (Å²) in [5, 5.41) is 8.46. The Morgan fingerprint density at radius 2 is 2.14 bits per heavy atom. The first-order chi connectivity index (χ1) is 14.2. The molecule has 1 N–H and O–H groups in total. The van der Waals surface area contributed by atoms with Crippen LogP contribution in [0.25, 0.3) is 10.2 Å². The third-order valence-corrected chi connectivity index (χ3v) is 6.72. The van der Waals surface area contributed by atoms with Crippen molar-refractivity contribution < 1.29 is 9.53 Å². The molecule has 2 aliphatic rings. The molecular weight excluding hydrogens is 388 g/mol. The lowest BCUT2D eigenvalue weighted by molar-refractivity contribution is 0.0302. The third-order valence-electron chi connectivity index (χ3n) is 5.76. The van der Waals surface area contributed by atoms with Gasteiger partial charge in [-0.15, -0.1) is 11.3 Å². The van der Waals surface area contributed by atoms with E-state index in [-0.39, 0.29) is 11.8 Å². The second-order valence-corrected chi connectivity index (χ2v) is 8.90. The number of morpholine rings is 1. The fraction of sp³-hybridized carbons (Fsp3) is 0.500. The molecule has 0 aromatic carbocycles. The van der Waals surface area contributed by atoms with Gasteiger partial charge in [0.05, 0.1) is 36.1 Å². The molecule has 0 saturated carbocycles. The smallest absolute Gasteiger partial charge is 0.257 e. The first kappa shape index (κ1) is 18.5. The minimum absolute atomic E-state index is 0.0482. The number of anilines is 1. The van der Waals surface area contributed by atoms with E-state index >= 15 is 0 Å². The Morgan fingerprint density at radius 3 is 3.00 bits per heavy atom. The number of aromatic amines is 1. The van der Waals surface area contributed by atoms with Crippen LogP contribution in [0.5, 0.6) is 0 Å². The van der Waals surface area contributed by atoms with E-state index in [1.54, 1.807) is 23.9 Å². The number of thiophene rings is 1. The molecule has 152 valence electrons. The fourth-order valence-electron chi connectivity index (χ4n) is 4.34. The van der Waals surface area contributed by atoms with Gasteiger partial charge in [0, 0.05) is 37.0 Å². The number of H-pyrrole nitrogens is 1. The Morgan fingerprint density at radius 1 is 1.28 bits per heavy atom. The molecule has 2 aliphatic heterocycles. The summed E-state index contributed by atoms with van der Waals surface area (Å²) in [6.45, 7) is 6.33. The number of nitrogens with zero attached hydrogens (tertiary/aromatic N) is 5. The molecule has 0 aliphatic carbocycles.